The second-order valence-electron chi connectivity index (χ2n) is 6.83. The molecule has 3 nitrogen and oxygen atoms in total. The molecule has 3 rings (SSSR count). The molecule has 0 aromatic heterocycles. The molecule has 2 atom stereocenters. The van der Waals surface area contributed by atoms with E-state index in [1.54, 1.807) is 11.9 Å². The summed E-state index contributed by atoms with van der Waals surface area (Å²) in [7, 11) is 2.22. The molecule has 1 aliphatic heterocycles. The molecule has 0 radical (unpaired) electrons. The van der Waals surface area contributed by atoms with E-state index < -0.39 is 0 Å². The Hall–Kier alpha value is -1.65. The Morgan fingerprint density at radius 2 is 1.50 bits per heavy atom. The highest BCUT2D eigenvalue weighted by Crippen LogP contribution is 2.26. The van der Waals surface area contributed by atoms with Gasteiger partial charge in [0.1, 0.15) is 0 Å². The highest BCUT2D eigenvalue weighted by Gasteiger charge is 2.26. The first-order valence-corrected chi connectivity index (χ1v) is 9.41. The van der Waals surface area contributed by atoms with Crippen LogP contribution < -0.4 is 9.62 Å². The van der Waals surface area contributed by atoms with Crippen LogP contribution in [0, 0.1) is 6.92 Å². The molecule has 0 amide bonds. The summed E-state index contributed by atoms with van der Waals surface area (Å²) in [5.74, 6) is 0. The summed E-state index contributed by atoms with van der Waals surface area (Å²) in [5.41, 5.74) is 3.74. The lowest BCUT2D eigenvalue weighted by atomic mass is 10.1. The molecule has 1 fully saturated rings. The van der Waals surface area contributed by atoms with Gasteiger partial charge in [0.05, 0.1) is 0 Å². The second kappa shape index (κ2) is 7.49. The Kier molecular flexibility index (Phi) is 5.36. The lowest BCUT2D eigenvalue weighted by molar-refractivity contribution is 0.170. The summed E-state index contributed by atoms with van der Waals surface area (Å²) in [4.78, 5) is 6.18. The molecular weight excluding hydrogens is 314 g/mol. The number of likely N-dealkylation sites (N-methyl/N-ethyl adjacent to an activating group) is 1. The third kappa shape index (κ3) is 4.05. The highest BCUT2D eigenvalue weighted by atomic mass is 32.2. The van der Waals surface area contributed by atoms with Crippen molar-refractivity contribution in [1.29, 1.82) is 0 Å². The SMILES string of the molecule is Cc1ccc(SNc2ccc(N3CC(C)N(C)C(C)C3)cc2)cc1. The normalized spacial score (nSPS) is 21.8. The molecule has 0 spiro atoms. The zero-order valence-corrected chi connectivity index (χ0v) is 15.8. The third-order valence-electron chi connectivity index (χ3n) is 4.90. The average molecular weight is 342 g/mol. The van der Waals surface area contributed by atoms with Crippen LogP contribution in [0.15, 0.2) is 53.4 Å². The second-order valence-corrected chi connectivity index (χ2v) is 7.71. The van der Waals surface area contributed by atoms with E-state index in [0.717, 1.165) is 18.8 Å². The number of rotatable bonds is 4. The zero-order valence-electron chi connectivity index (χ0n) is 15.0. The van der Waals surface area contributed by atoms with E-state index in [2.05, 4.69) is 90.9 Å². The van der Waals surface area contributed by atoms with Gasteiger partial charge in [-0.05, 0) is 76.2 Å². The number of hydrogen-bond acceptors (Lipinski definition) is 4. The molecular formula is C20H27N3S. The van der Waals surface area contributed by atoms with Crippen LogP contribution in [0.25, 0.3) is 0 Å². The molecule has 128 valence electrons. The molecule has 4 heteroatoms. The lowest BCUT2D eigenvalue weighted by Gasteiger charge is -2.43. The molecule has 2 aromatic rings. The lowest BCUT2D eigenvalue weighted by Crippen LogP contribution is -2.55. The van der Waals surface area contributed by atoms with Crippen LogP contribution in [-0.4, -0.2) is 37.1 Å². The van der Waals surface area contributed by atoms with Crippen molar-refractivity contribution in [3.8, 4) is 0 Å². The topological polar surface area (TPSA) is 18.5 Å². The number of nitrogens with one attached hydrogen (secondary N) is 1. The van der Waals surface area contributed by atoms with Crippen LogP contribution in [0.5, 0.6) is 0 Å². The maximum Gasteiger partial charge on any atom is 0.0444 e. The van der Waals surface area contributed by atoms with E-state index in [1.807, 2.05) is 0 Å². The van der Waals surface area contributed by atoms with Crippen molar-refractivity contribution in [2.24, 2.45) is 0 Å². The van der Waals surface area contributed by atoms with Gasteiger partial charge in [-0.2, -0.15) is 0 Å². The molecule has 1 heterocycles. The highest BCUT2D eigenvalue weighted by molar-refractivity contribution is 8.00. The van der Waals surface area contributed by atoms with E-state index in [1.165, 1.54) is 16.1 Å². The maximum atomic E-state index is 3.43. The summed E-state index contributed by atoms with van der Waals surface area (Å²) >= 11 is 1.65. The minimum atomic E-state index is 0.587. The van der Waals surface area contributed by atoms with Crippen molar-refractivity contribution < 1.29 is 0 Å². The van der Waals surface area contributed by atoms with Gasteiger partial charge < -0.3 is 9.62 Å². The first-order valence-electron chi connectivity index (χ1n) is 8.59. The predicted octanol–water partition coefficient (Wildman–Crippen LogP) is 4.64. The van der Waals surface area contributed by atoms with E-state index in [0.29, 0.717) is 12.1 Å². The number of hydrogen-bond donors (Lipinski definition) is 1. The number of benzene rings is 2. The van der Waals surface area contributed by atoms with Crippen molar-refractivity contribution >= 4 is 23.3 Å². The van der Waals surface area contributed by atoms with Gasteiger partial charge in [0, 0.05) is 41.4 Å². The van der Waals surface area contributed by atoms with Crippen molar-refractivity contribution in [3.63, 3.8) is 0 Å². The molecule has 1 saturated heterocycles. The standard InChI is InChI=1S/C20H27N3S/c1-15-5-11-20(12-6-15)24-21-18-7-9-19(10-8-18)23-13-16(2)22(4)17(3)14-23/h5-12,16-17,21H,13-14H2,1-4H3. The molecule has 0 bridgehead atoms. The third-order valence-corrected chi connectivity index (χ3v) is 5.75. The van der Waals surface area contributed by atoms with Crippen molar-refractivity contribution in [2.45, 2.75) is 37.8 Å². The van der Waals surface area contributed by atoms with E-state index in [-0.39, 0.29) is 0 Å². The van der Waals surface area contributed by atoms with Crippen LogP contribution in [-0.2, 0) is 0 Å². The van der Waals surface area contributed by atoms with Crippen LogP contribution in [0.4, 0.5) is 11.4 Å². The van der Waals surface area contributed by atoms with Crippen molar-refractivity contribution in [2.75, 3.05) is 29.8 Å². The van der Waals surface area contributed by atoms with Gasteiger partial charge in [-0.15, -0.1) is 0 Å². The molecule has 1 aliphatic rings. The number of nitrogens with zero attached hydrogens (tertiary/aromatic N) is 2. The minimum Gasteiger partial charge on any atom is -0.368 e. The number of anilines is 2. The van der Waals surface area contributed by atoms with Gasteiger partial charge in [-0.25, -0.2) is 0 Å². The number of aryl methyl sites for hydroxylation is 1. The smallest absolute Gasteiger partial charge is 0.0444 e. The number of piperazine rings is 1. The Morgan fingerprint density at radius 3 is 2.08 bits per heavy atom. The Bertz CT molecular complexity index is 642. The summed E-state index contributed by atoms with van der Waals surface area (Å²) in [6.45, 7) is 8.89. The fourth-order valence-electron chi connectivity index (χ4n) is 3.08. The van der Waals surface area contributed by atoms with E-state index in [9.17, 15) is 0 Å². The van der Waals surface area contributed by atoms with Crippen molar-refractivity contribution in [3.05, 3.63) is 54.1 Å². The summed E-state index contributed by atoms with van der Waals surface area (Å²) < 4.78 is 3.43. The fourth-order valence-corrected chi connectivity index (χ4v) is 3.72. The molecule has 0 aliphatic carbocycles. The maximum absolute atomic E-state index is 3.43. The average Bonchev–Trinajstić information content (AvgIpc) is 2.59. The van der Waals surface area contributed by atoms with Crippen LogP contribution in [0.2, 0.25) is 0 Å². The van der Waals surface area contributed by atoms with Gasteiger partial charge in [0.15, 0.2) is 0 Å². The van der Waals surface area contributed by atoms with E-state index in [4.69, 9.17) is 0 Å². The summed E-state index contributed by atoms with van der Waals surface area (Å²) in [5, 5.41) is 0. The van der Waals surface area contributed by atoms with Crippen LogP contribution in [0.3, 0.4) is 0 Å². The minimum absolute atomic E-state index is 0.587. The first kappa shape index (κ1) is 17.2. The Balaban J connectivity index is 1.60. The molecule has 24 heavy (non-hydrogen) atoms. The van der Waals surface area contributed by atoms with E-state index >= 15 is 0 Å². The first-order chi connectivity index (χ1) is 11.5. The predicted molar refractivity (Wildman–Crippen MR) is 106 cm³/mol. The molecule has 1 N–H and O–H groups in total. The van der Waals surface area contributed by atoms with Crippen LogP contribution in [0.1, 0.15) is 19.4 Å². The zero-order chi connectivity index (χ0) is 17.1. The largest absolute Gasteiger partial charge is 0.368 e. The van der Waals surface area contributed by atoms with Crippen molar-refractivity contribution in [1.82, 2.24) is 4.90 Å². The summed E-state index contributed by atoms with van der Waals surface area (Å²) in [6.07, 6.45) is 0. The van der Waals surface area contributed by atoms with Gasteiger partial charge in [-0.3, -0.25) is 4.90 Å². The molecule has 0 saturated carbocycles. The van der Waals surface area contributed by atoms with Crippen LogP contribution >= 0.6 is 11.9 Å². The quantitative estimate of drug-likeness (QED) is 0.816. The monoisotopic (exact) mass is 341 g/mol. The Labute approximate surface area is 150 Å². The fraction of sp³-hybridized carbons (Fsp3) is 0.400. The van der Waals surface area contributed by atoms with Gasteiger partial charge in [-0.1, -0.05) is 17.7 Å². The molecule has 2 unspecified atom stereocenters. The van der Waals surface area contributed by atoms with Gasteiger partial charge in [0.2, 0.25) is 0 Å². The van der Waals surface area contributed by atoms with Gasteiger partial charge in [0.25, 0.3) is 0 Å². The van der Waals surface area contributed by atoms with Gasteiger partial charge >= 0.3 is 0 Å². The summed E-state index contributed by atoms with van der Waals surface area (Å²) in [6, 6.07) is 18.5. The Morgan fingerprint density at radius 1 is 0.917 bits per heavy atom. The molecule has 2 aromatic carbocycles.